The van der Waals surface area contributed by atoms with Crippen molar-refractivity contribution in [3.8, 4) is 10.6 Å². The van der Waals surface area contributed by atoms with Gasteiger partial charge >= 0.3 is 0 Å². The van der Waals surface area contributed by atoms with E-state index >= 15 is 0 Å². The van der Waals surface area contributed by atoms with E-state index in [1.54, 1.807) is 0 Å². The van der Waals surface area contributed by atoms with Crippen molar-refractivity contribution in [3.05, 3.63) is 40.4 Å². The first-order valence-electron chi connectivity index (χ1n) is 7.51. The molecule has 0 amide bonds. The van der Waals surface area contributed by atoms with Crippen LogP contribution in [0.3, 0.4) is 0 Å². The third-order valence-electron chi connectivity index (χ3n) is 3.37. The summed E-state index contributed by atoms with van der Waals surface area (Å²) < 4.78 is 0. The number of hydrogen-bond acceptors (Lipinski definition) is 3. The topological polar surface area (TPSA) is 24.9 Å². The fourth-order valence-electron chi connectivity index (χ4n) is 2.20. The van der Waals surface area contributed by atoms with Crippen molar-refractivity contribution >= 4 is 11.3 Å². The van der Waals surface area contributed by atoms with Gasteiger partial charge in [-0.3, -0.25) is 0 Å². The summed E-state index contributed by atoms with van der Waals surface area (Å²) in [6.45, 7) is 8.58. The summed E-state index contributed by atoms with van der Waals surface area (Å²) in [4.78, 5) is 6.21. The molecule has 0 spiro atoms. The van der Waals surface area contributed by atoms with Gasteiger partial charge in [-0.15, -0.1) is 11.3 Å². The molecule has 0 unspecified atom stereocenters. The van der Waals surface area contributed by atoms with E-state index in [1.807, 2.05) is 11.3 Å². The predicted octanol–water partition coefficient (Wildman–Crippen LogP) is 4.57. The van der Waals surface area contributed by atoms with E-state index in [9.17, 15) is 0 Å². The van der Waals surface area contributed by atoms with Crippen LogP contribution in [-0.2, 0) is 13.0 Å². The Hall–Kier alpha value is -1.19. The van der Waals surface area contributed by atoms with E-state index < -0.39 is 0 Å². The lowest BCUT2D eigenvalue weighted by Crippen LogP contribution is -2.14. The maximum absolute atomic E-state index is 4.82. The van der Waals surface area contributed by atoms with Crippen LogP contribution in [-0.4, -0.2) is 11.5 Å². The maximum atomic E-state index is 4.82. The Kier molecular flexibility index (Phi) is 5.74. The molecule has 2 rings (SSSR count). The van der Waals surface area contributed by atoms with Crippen LogP contribution in [0.15, 0.2) is 24.3 Å². The molecule has 1 aromatic heterocycles. The van der Waals surface area contributed by atoms with Crippen molar-refractivity contribution in [2.24, 2.45) is 0 Å². The predicted molar refractivity (Wildman–Crippen MR) is 88.3 cm³/mol. The standard InChI is InChI=1S/C17H24N2S/c1-4-6-10-18-12-16-15(5-2)19-17(20-16)14-9-7-8-13(3)11-14/h7-9,11,18H,4-6,10,12H2,1-3H3. The Bertz CT molecular complexity index is 546. The normalized spacial score (nSPS) is 10.9. The van der Waals surface area contributed by atoms with E-state index in [0.29, 0.717) is 0 Å². The van der Waals surface area contributed by atoms with Crippen molar-refractivity contribution in [3.63, 3.8) is 0 Å². The number of hydrogen-bond donors (Lipinski definition) is 1. The Morgan fingerprint density at radius 1 is 1.25 bits per heavy atom. The molecule has 0 bridgehead atoms. The first kappa shape index (κ1) is 15.2. The number of rotatable bonds is 7. The lowest BCUT2D eigenvalue weighted by atomic mass is 10.1. The van der Waals surface area contributed by atoms with Crippen molar-refractivity contribution < 1.29 is 0 Å². The number of thiazole rings is 1. The highest BCUT2D eigenvalue weighted by molar-refractivity contribution is 7.15. The highest BCUT2D eigenvalue weighted by Crippen LogP contribution is 2.29. The summed E-state index contributed by atoms with van der Waals surface area (Å²) in [5.41, 5.74) is 3.78. The molecule has 0 aliphatic rings. The van der Waals surface area contributed by atoms with Crippen LogP contribution in [0.5, 0.6) is 0 Å². The largest absolute Gasteiger partial charge is 0.312 e. The summed E-state index contributed by atoms with van der Waals surface area (Å²) in [7, 11) is 0. The molecule has 0 atom stereocenters. The molecular formula is C17H24N2S. The number of aromatic nitrogens is 1. The molecule has 1 heterocycles. The Balaban J connectivity index is 2.13. The zero-order valence-electron chi connectivity index (χ0n) is 12.7. The Morgan fingerprint density at radius 3 is 2.80 bits per heavy atom. The van der Waals surface area contributed by atoms with Crippen LogP contribution in [0.1, 0.15) is 42.8 Å². The third-order valence-corrected chi connectivity index (χ3v) is 4.52. The molecule has 0 radical (unpaired) electrons. The van der Waals surface area contributed by atoms with Gasteiger partial charge in [0.05, 0.1) is 5.69 Å². The summed E-state index contributed by atoms with van der Waals surface area (Å²) in [5.74, 6) is 0. The van der Waals surface area contributed by atoms with Crippen LogP contribution < -0.4 is 5.32 Å². The molecule has 0 saturated heterocycles. The van der Waals surface area contributed by atoms with Gasteiger partial charge in [-0.2, -0.15) is 0 Å². The molecule has 2 nitrogen and oxygen atoms in total. The number of aryl methyl sites for hydroxylation is 2. The highest BCUT2D eigenvalue weighted by Gasteiger charge is 2.11. The van der Waals surface area contributed by atoms with Gasteiger partial charge in [0.25, 0.3) is 0 Å². The van der Waals surface area contributed by atoms with Crippen molar-refractivity contribution in [1.82, 2.24) is 10.3 Å². The van der Waals surface area contributed by atoms with Crippen molar-refractivity contribution in [1.29, 1.82) is 0 Å². The molecular weight excluding hydrogens is 264 g/mol. The number of nitrogens with one attached hydrogen (secondary N) is 1. The van der Waals surface area contributed by atoms with Gasteiger partial charge in [0.1, 0.15) is 5.01 Å². The van der Waals surface area contributed by atoms with Gasteiger partial charge < -0.3 is 5.32 Å². The van der Waals surface area contributed by atoms with Crippen LogP contribution >= 0.6 is 11.3 Å². The second-order valence-corrected chi connectivity index (χ2v) is 6.23. The molecule has 0 aliphatic carbocycles. The first-order valence-corrected chi connectivity index (χ1v) is 8.32. The molecule has 1 N–H and O–H groups in total. The number of nitrogens with zero attached hydrogens (tertiary/aromatic N) is 1. The summed E-state index contributed by atoms with van der Waals surface area (Å²) in [6, 6.07) is 8.61. The van der Waals surface area contributed by atoms with Crippen molar-refractivity contribution in [2.75, 3.05) is 6.54 Å². The van der Waals surface area contributed by atoms with Gasteiger partial charge in [0, 0.05) is 17.0 Å². The van der Waals surface area contributed by atoms with E-state index in [1.165, 1.54) is 34.5 Å². The molecule has 1 aromatic carbocycles. The molecule has 20 heavy (non-hydrogen) atoms. The molecule has 2 aromatic rings. The molecule has 0 saturated carbocycles. The SMILES string of the molecule is CCCCNCc1sc(-c2cccc(C)c2)nc1CC. The van der Waals surface area contributed by atoms with E-state index in [4.69, 9.17) is 4.98 Å². The number of benzene rings is 1. The minimum atomic E-state index is 0.951. The molecule has 108 valence electrons. The summed E-state index contributed by atoms with van der Waals surface area (Å²) >= 11 is 1.83. The third kappa shape index (κ3) is 3.90. The van der Waals surface area contributed by atoms with Crippen molar-refractivity contribution in [2.45, 2.75) is 46.6 Å². The Morgan fingerprint density at radius 2 is 2.10 bits per heavy atom. The average Bonchev–Trinajstić information content (AvgIpc) is 2.87. The van der Waals surface area contributed by atoms with E-state index in [-0.39, 0.29) is 0 Å². The fourth-order valence-corrected chi connectivity index (χ4v) is 3.32. The Labute approximate surface area is 126 Å². The smallest absolute Gasteiger partial charge is 0.123 e. The quantitative estimate of drug-likeness (QED) is 0.755. The second-order valence-electron chi connectivity index (χ2n) is 5.14. The lowest BCUT2D eigenvalue weighted by molar-refractivity contribution is 0.642. The monoisotopic (exact) mass is 288 g/mol. The fraction of sp³-hybridized carbons (Fsp3) is 0.471. The highest BCUT2D eigenvalue weighted by atomic mass is 32.1. The minimum absolute atomic E-state index is 0.951. The average molecular weight is 288 g/mol. The van der Waals surface area contributed by atoms with Gasteiger partial charge in [-0.05, 0) is 32.4 Å². The molecule has 0 fully saturated rings. The van der Waals surface area contributed by atoms with Gasteiger partial charge in [-0.25, -0.2) is 4.98 Å². The van der Waals surface area contributed by atoms with E-state index in [0.717, 1.165) is 24.5 Å². The minimum Gasteiger partial charge on any atom is -0.312 e. The van der Waals surface area contributed by atoms with Crippen LogP contribution in [0.2, 0.25) is 0 Å². The number of unbranched alkanes of at least 4 members (excludes halogenated alkanes) is 1. The van der Waals surface area contributed by atoms with Gasteiger partial charge in [0.2, 0.25) is 0 Å². The van der Waals surface area contributed by atoms with E-state index in [2.05, 4.69) is 50.4 Å². The molecule has 3 heteroatoms. The van der Waals surface area contributed by atoms with Gasteiger partial charge in [0.15, 0.2) is 0 Å². The summed E-state index contributed by atoms with van der Waals surface area (Å²) in [6.07, 6.45) is 3.49. The van der Waals surface area contributed by atoms with Crippen LogP contribution in [0, 0.1) is 6.92 Å². The lowest BCUT2D eigenvalue weighted by Gasteiger charge is -2.02. The van der Waals surface area contributed by atoms with Crippen LogP contribution in [0.25, 0.3) is 10.6 Å². The molecule has 0 aliphatic heterocycles. The second kappa shape index (κ2) is 7.55. The maximum Gasteiger partial charge on any atom is 0.123 e. The zero-order chi connectivity index (χ0) is 14.4. The van der Waals surface area contributed by atoms with Crippen LogP contribution in [0.4, 0.5) is 0 Å². The summed E-state index contributed by atoms with van der Waals surface area (Å²) in [5, 5.41) is 4.67. The van der Waals surface area contributed by atoms with Gasteiger partial charge in [-0.1, -0.05) is 44.0 Å². The zero-order valence-corrected chi connectivity index (χ0v) is 13.5. The first-order chi connectivity index (χ1) is 9.74.